The molecule has 2 aromatic rings. The van der Waals surface area contributed by atoms with E-state index >= 15 is 0 Å². The summed E-state index contributed by atoms with van der Waals surface area (Å²) >= 11 is 0. The van der Waals surface area contributed by atoms with Crippen molar-refractivity contribution >= 4 is 15.9 Å². The molecule has 37 heavy (non-hydrogen) atoms. The van der Waals surface area contributed by atoms with Gasteiger partial charge in [-0.1, -0.05) is 20.8 Å². The first-order chi connectivity index (χ1) is 17.1. The molecule has 0 radical (unpaired) electrons. The van der Waals surface area contributed by atoms with Gasteiger partial charge in [-0.15, -0.1) is 0 Å². The van der Waals surface area contributed by atoms with Crippen LogP contribution in [0.15, 0.2) is 29.3 Å². The van der Waals surface area contributed by atoms with Crippen molar-refractivity contribution in [3.8, 4) is 5.75 Å². The number of carbonyl (C=O) groups is 1. The molecule has 8 nitrogen and oxygen atoms in total. The van der Waals surface area contributed by atoms with Crippen LogP contribution in [-0.4, -0.2) is 53.4 Å². The highest BCUT2D eigenvalue weighted by atomic mass is 32.2. The number of benzene rings is 1. The fourth-order valence-corrected chi connectivity index (χ4v) is 5.64. The number of carbonyl (C=O) groups excluding carboxylic acids is 1. The van der Waals surface area contributed by atoms with Crippen LogP contribution in [0.3, 0.4) is 0 Å². The average Bonchev–Trinajstić information content (AvgIpc) is 3.49. The summed E-state index contributed by atoms with van der Waals surface area (Å²) in [6.45, 7) is 7.04. The number of amides is 1. The second-order valence-corrected chi connectivity index (χ2v) is 12.9. The van der Waals surface area contributed by atoms with E-state index in [2.05, 4.69) is 4.99 Å². The van der Waals surface area contributed by atoms with Gasteiger partial charge in [0.2, 0.25) is 10.0 Å². The van der Waals surface area contributed by atoms with Crippen LogP contribution < -0.4 is 10.2 Å². The van der Waals surface area contributed by atoms with Crippen LogP contribution >= 0.6 is 0 Å². The predicted molar refractivity (Wildman–Crippen MR) is 132 cm³/mol. The van der Waals surface area contributed by atoms with Gasteiger partial charge in [-0.05, 0) is 43.4 Å². The molecule has 1 aliphatic heterocycles. The predicted octanol–water partition coefficient (Wildman–Crippen LogP) is 3.71. The molecule has 12 heteroatoms. The van der Waals surface area contributed by atoms with Crippen molar-refractivity contribution in [3.63, 3.8) is 0 Å². The zero-order valence-electron chi connectivity index (χ0n) is 21.7. The second-order valence-electron chi connectivity index (χ2n) is 10.9. The fraction of sp³-hybridized carbons (Fsp3) is 0.600. The summed E-state index contributed by atoms with van der Waals surface area (Å²) < 4.78 is 75.0. The van der Waals surface area contributed by atoms with Gasteiger partial charge < -0.3 is 4.74 Å². The summed E-state index contributed by atoms with van der Waals surface area (Å²) in [4.78, 5) is 17.6. The number of alkyl halides is 3. The van der Waals surface area contributed by atoms with Gasteiger partial charge in [0.05, 0.1) is 23.4 Å². The highest BCUT2D eigenvalue weighted by molar-refractivity contribution is 7.88. The topological polar surface area (TPSA) is 85.9 Å². The molecular formula is C25H33F3N4O4S. The molecule has 2 fully saturated rings. The lowest BCUT2D eigenvalue weighted by Gasteiger charge is -2.38. The van der Waals surface area contributed by atoms with E-state index in [-0.39, 0.29) is 23.3 Å². The van der Waals surface area contributed by atoms with E-state index in [4.69, 9.17) is 4.74 Å². The van der Waals surface area contributed by atoms with Crippen molar-refractivity contribution in [2.24, 2.45) is 18.0 Å². The van der Waals surface area contributed by atoms with Crippen LogP contribution in [0.25, 0.3) is 0 Å². The normalized spacial score (nSPS) is 19.7. The highest BCUT2D eigenvalue weighted by Gasteiger charge is 2.36. The average molecular weight is 543 g/mol. The number of aromatic nitrogens is 2. The Kier molecular flexibility index (Phi) is 7.13. The summed E-state index contributed by atoms with van der Waals surface area (Å²) in [5.41, 5.74) is -0.246. The molecule has 2 heterocycles. The highest BCUT2D eigenvalue weighted by Crippen LogP contribution is 2.34. The molecule has 1 saturated heterocycles. The molecule has 204 valence electrons. The Bertz CT molecular complexity index is 1370. The summed E-state index contributed by atoms with van der Waals surface area (Å²) in [7, 11) is -1.54. The van der Waals surface area contributed by atoms with Gasteiger partial charge in [0, 0.05) is 37.3 Å². The van der Waals surface area contributed by atoms with E-state index in [1.54, 1.807) is 6.07 Å². The molecule has 0 N–H and O–H groups in total. The summed E-state index contributed by atoms with van der Waals surface area (Å²) in [5, 5.41) is 0. The Hall–Kier alpha value is -2.60. The molecule has 2 aliphatic rings. The summed E-state index contributed by atoms with van der Waals surface area (Å²) in [6, 6.07) is 4.04. The third-order valence-electron chi connectivity index (χ3n) is 6.84. The van der Waals surface area contributed by atoms with E-state index in [9.17, 15) is 26.4 Å². The molecule has 1 amide bonds. The molecule has 1 aromatic heterocycles. The van der Waals surface area contributed by atoms with Crippen molar-refractivity contribution < 1.29 is 31.1 Å². The molecule has 1 saturated carbocycles. The minimum absolute atomic E-state index is 0.0668. The first-order valence-electron chi connectivity index (χ1n) is 12.2. The van der Waals surface area contributed by atoms with E-state index in [1.165, 1.54) is 4.31 Å². The van der Waals surface area contributed by atoms with Crippen molar-refractivity contribution in [1.82, 2.24) is 13.7 Å². The molecule has 0 unspecified atom stereocenters. The lowest BCUT2D eigenvalue weighted by atomic mass is 9.92. The van der Waals surface area contributed by atoms with Gasteiger partial charge in [-0.2, -0.15) is 22.5 Å². The standard InChI is InChI=1S/C25H33F3N4O4S/c1-24(2,3)21-13-22(31(30(21)4)14-16-6-7-16)29-23(33)19-12-17(25(26,27)28)8-9-20(19)36-15-18-10-11-32(18)37(5,34)35/h8-9,12-13,16,18H,6-7,10-11,14-15H2,1-5H3/t18-/m0/s1. The van der Waals surface area contributed by atoms with Crippen LogP contribution in [0.5, 0.6) is 5.75 Å². The van der Waals surface area contributed by atoms with Crippen LogP contribution in [-0.2, 0) is 35.2 Å². The number of nitrogens with zero attached hydrogens (tertiary/aromatic N) is 4. The zero-order chi connectivity index (χ0) is 27.3. The summed E-state index contributed by atoms with van der Waals surface area (Å²) in [5.74, 6) is -0.448. The van der Waals surface area contributed by atoms with Gasteiger partial charge in [0.25, 0.3) is 5.91 Å². The quantitative estimate of drug-likeness (QED) is 0.534. The molecule has 1 aliphatic carbocycles. The lowest BCUT2D eigenvalue weighted by molar-refractivity contribution is -0.137. The van der Waals surface area contributed by atoms with Crippen molar-refractivity contribution in [1.29, 1.82) is 0 Å². The van der Waals surface area contributed by atoms with Gasteiger partial charge >= 0.3 is 6.18 Å². The minimum Gasteiger partial charge on any atom is -0.491 e. The maximum absolute atomic E-state index is 13.5. The SMILES string of the molecule is Cn1c(C(C)(C)C)cc(=NC(=O)c2cc(C(F)(F)F)ccc2OC[C@@H]2CCN2S(C)(=O)=O)n1CC1CC1. The van der Waals surface area contributed by atoms with Crippen LogP contribution in [0, 0.1) is 5.92 Å². The Morgan fingerprint density at radius 3 is 2.32 bits per heavy atom. The third-order valence-corrected chi connectivity index (χ3v) is 8.17. The molecule has 0 bridgehead atoms. The number of halogens is 3. The number of ether oxygens (including phenoxy) is 1. The van der Waals surface area contributed by atoms with E-state index in [0.717, 1.165) is 43.0 Å². The third kappa shape index (κ3) is 6.11. The van der Waals surface area contributed by atoms with Crippen molar-refractivity contribution in [2.75, 3.05) is 19.4 Å². The van der Waals surface area contributed by atoms with Gasteiger partial charge in [0.1, 0.15) is 12.4 Å². The van der Waals surface area contributed by atoms with Crippen molar-refractivity contribution in [2.45, 2.75) is 64.2 Å². The zero-order valence-corrected chi connectivity index (χ0v) is 22.5. The van der Waals surface area contributed by atoms with Gasteiger partial charge in [0.15, 0.2) is 5.49 Å². The molecule has 1 aromatic carbocycles. The molecule has 4 rings (SSSR count). The Balaban J connectivity index is 1.71. The smallest absolute Gasteiger partial charge is 0.416 e. The molecule has 0 spiro atoms. The Morgan fingerprint density at radius 2 is 1.81 bits per heavy atom. The first-order valence-corrected chi connectivity index (χ1v) is 14.1. The largest absolute Gasteiger partial charge is 0.491 e. The van der Waals surface area contributed by atoms with E-state index < -0.39 is 33.7 Å². The Labute approximate surface area is 214 Å². The van der Waals surface area contributed by atoms with Gasteiger partial charge in [-0.3, -0.25) is 14.2 Å². The van der Waals surface area contributed by atoms with Crippen LogP contribution in [0.4, 0.5) is 13.2 Å². The lowest BCUT2D eigenvalue weighted by Crippen LogP contribution is -2.53. The maximum atomic E-state index is 13.5. The number of hydrogen-bond acceptors (Lipinski definition) is 4. The summed E-state index contributed by atoms with van der Waals surface area (Å²) in [6.07, 6.45) is -0.857. The van der Waals surface area contributed by atoms with Crippen LogP contribution in [0.2, 0.25) is 0 Å². The fourth-order valence-electron chi connectivity index (χ4n) is 4.50. The van der Waals surface area contributed by atoms with E-state index in [0.29, 0.717) is 30.9 Å². The van der Waals surface area contributed by atoms with E-state index in [1.807, 2.05) is 37.2 Å². The van der Waals surface area contributed by atoms with Crippen LogP contribution in [0.1, 0.15) is 61.6 Å². The van der Waals surface area contributed by atoms with Crippen molar-refractivity contribution in [3.05, 3.63) is 46.6 Å². The number of hydrogen-bond donors (Lipinski definition) is 0. The van der Waals surface area contributed by atoms with Gasteiger partial charge in [-0.25, -0.2) is 8.42 Å². The molecule has 1 atom stereocenters. The molecular weight excluding hydrogens is 509 g/mol. The monoisotopic (exact) mass is 542 g/mol. The minimum atomic E-state index is -4.66. The first kappa shape index (κ1) is 27.4. The Morgan fingerprint density at radius 1 is 1.14 bits per heavy atom. The second kappa shape index (κ2) is 9.61. The maximum Gasteiger partial charge on any atom is 0.416 e. The number of rotatable bonds is 7. The number of sulfonamides is 1.